The van der Waals surface area contributed by atoms with Crippen LogP contribution >= 0.6 is 0 Å². The average molecular weight is 392 g/mol. The van der Waals surface area contributed by atoms with E-state index in [1.54, 1.807) is 0 Å². The van der Waals surface area contributed by atoms with Gasteiger partial charge in [0.2, 0.25) is 5.91 Å². The van der Waals surface area contributed by atoms with Crippen molar-refractivity contribution in [1.82, 2.24) is 15.3 Å². The van der Waals surface area contributed by atoms with Gasteiger partial charge in [-0.15, -0.1) is 0 Å². The van der Waals surface area contributed by atoms with Crippen molar-refractivity contribution in [3.05, 3.63) is 30.0 Å². The maximum atomic E-state index is 13.1. The SMILES string of the molecule is C[C@@H]1CCCN(c2nc3ccccc3nc2[C@H](C#N)C(=O)NC2CCCCC2)C1. The van der Waals surface area contributed by atoms with E-state index in [4.69, 9.17) is 9.97 Å². The van der Waals surface area contributed by atoms with Gasteiger partial charge in [0.1, 0.15) is 5.69 Å². The van der Waals surface area contributed by atoms with Gasteiger partial charge in [0.15, 0.2) is 11.7 Å². The average Bonchev–Trinajstić information content (AvgIpc) is 2.74. The lowest BCUT2D eigenvalue weighted by Gasteiger charge is -2.33. The molecule has 2 fully saturated rings. The van der Waals surface area contributed by atoms with Crippen LogP contribution < -0.4 is 10.2 Å². The maximum Gasteiger partial charge on any atom is 0.243 e. The van der Waals surface area contributed by atoms with E-state index in [1.807, 2.05) is 24.3 Å². The van der Waals surface area contributed by atoms with Crippen molar-refractivity contribution >= 4 is 22.8 Å². The number of rotatable bonds is 4. The van der Waals surface area contributed by atoms with E-state index in [-0.39, 0.29) is 11.9 Å². The highest BCUT2D eigenvalue weighted by molar-refractivity contribution is 5.89. The molecule has 1 aliphatic heterocycles. The number of nitriles is 1. The molecule has 1 amide bonds. The van der Waals surface area contributed by atoms with E-state index in [0.717, 1.165) is 56.2 Å². The molecule has 6 heteroatoms. The molecular weight excluding hydrogens is 362 g/mol. The minimum Gasteiger partial charge on any atom is -0.355 e. The summed E-state index contributed by atoms with van der Waals surface area (Å²) in [5.74, 6) is 0.0682. The van der Waals surface area contributed by atoms with E-state index in [1.165, 1.54) is 12.8 Å². The van der Waals surface area contributed by atoms with Gasteiger partial charge in [-0.3, -0.25) is 4.79 Å². The fraction of sp³-hybridized carbons (Fsp3) is 0.565. The highest BCUT2D eigenvalue weighted by Crippen LogP contribution is 2.30. The van der Waals surface area contributed by atoms with Crippen LogP contribution in [0.3, 0.4) is 0 Å². The number of amides is 1. The van der Waals surface area contributed by atoms with Gasteiger partial charge in [-0.25, -0.2) is 9.97 Å². The molecule has 1 aromatic heterocycles. The summed E-state index contributed by atoms with van der Waals surface area (Å²) in [6.07, 6.45) is 7.75. The molecule has 29 heavy (non-hydrogen) atoms. The summed E-state index contributed by atoms with van der Waals surface area (Å²) in [6, 6.07) is 10.1. The molecule has 4 rings (SSSR count). The number of benzene rings is 1. The Labute approximate surface area is 172 Å². The quantitative estimate of drug-likeness (QED) is 0.854. The Balaban J connectivity index is 1.70. The van der Waals surface area contributed by atoms with Crippen molar-refractivity contribution in [3.8, 4) is 6.07 Å². The smallest absolute Gasteiger partial charge is 0.243 e. The van der Waals surface area contributed by atoms with E-state index >= 15 is 0 Å². The molecule has 0 spiro atoms. The fourth-order valence-electron chi connectivity index (χ4n) is 4.59. The highest BCUT2D eigenvalue weighted by atomic mass is 16.2. The van der Waals surface area contributed by atoms with Gasteiger partial charge in [0.05, 0.1) is 17.1 Å². The van der Waals surface area contributed by atoms with Crippen molar-refractivity contribution in [1.29, 1.82) is 5.26 Å². The molecule has 1 saturated carbocycles. The van der Waals surface area contributed by atoms with Gasteiger partial charge in [-0.2, -0.15) is 5.26 Å². The lowest BCUT2D eigenvalue weighted by molar-refractivity contribution is -0.122. The fourth-order valence-corrected chi connectivity index (χ4v) is 4.59. The van der Waals surface area contributed by atoms with Crippen molar-refractivity contribution in [2.45, 2.75) is 63.8 Å². The third-order valence-electron chi connectivity index (χ3n) is 6.15. The van der Waals surface area contributed by atoms with Crippen LogP contribution in [0.15, 0.2) is 24.3 Å². The van der Waals surface area contributed by atoms with Gasteiger partial charge in [0, 0.05) is 19.1 Å². The number of nitrogens with zero attached hydrogens (tertiary/aromatic N) is 4. The number of piperidine rings is 1. The van der Waals surface area contributed by atoms with Gasteiger partial charge in [-0.05, 0) is 43.7 Å². The summed E-state index contributed by atoms with van der Waals surface area (Å²) in [5.41, 5.74) is 2.02. The lowest BCUT2D eigenvalue weighted by Crippen LogP contribution is -2.40. The second-order valence-corrected chi connectivity index (χ2v) is 8.52. The second kappa shape index (κ2) is 8.77. The largest absolute Gasteiger partial charge is 0.355 e. The molecule has 6 nitrogen and oxygen atoms in total. The third kappa shape index (κ3) is 4.34. The molecule has 0 radical (unpaired) electrons. The van der Waals surface area contributed by atoms with E-state index in [9.17, 15) is 10.1 Å². The van der Waals surface area contributed by atoms with Crippen LogP contribution in [-0.4, -0.2) is 35.0 Å². The normalized spacial score (nSPS) is 21.5. The molecule has 1 aliphatic carbocycles. The predicted octanol–water partition coefficient (Wildman–Crippen LogP) is 3.92. The van der Waals surface area contributed by atoms with Crippen molar-refractivity contribution in [2.24, 2.45) is 5.92 Å². The zero-order chi connectivity index (χ0) is 20.2. The Morgan fingerprint density at radius 2 is 1.86 bits per heavy atom. The van der Waals surface area contributed by atoms with Crippen LogP contribution in [0.25, 0.3) is 11.0 Å². The molecule has 0 unspecified atom stereocenters. The summed E-state index contributed by atoms with van der Waals surface area (Å²) in [7, 11) is 0. The topological polar surface area (TPSA) is 81.9 Å². The molecule has 152 valence electrons. The predicted molar refractivity (Wildman–Crippen MR) is 114 cm³/mol. The first kappa shape index (κ1) is 19.6. The van der Waals surface area contributed by atoms with Gasteiger partial charge in [-0.1, -0.05) is 38.3 Å². The second-order valence-electron chi connectivity index (χ2n) is 8.52. The molecule has 2 aliphatic rings. The minimum atomic E-state index is -0.943. The Morgan fingerprint density at radius 1 is 1.14 bits per heavy atom. The standard InChI is InChI=1S/C23H29N5O/c1-16-8-7-13-28(15-16)22-21(26-19-11-5-6-12-20(19)27-22)18(14-24)23(29)25-17-9-3-2-4-10-17/h5-6,11-12,16-18H,2-4,7-10,13,15H2,1H3,(H,25,29)/t16-,18+/m1/s1. The van der Waals surface area contributed by atoms with Crippen molar-refractivity contribution in [3.63, 3.8) is 0 Å². The monoisotopic (exact) mass is 391 g/mol. The van der Waals surface area contributed by atoms with Gasteiger partial charge >= 0.3 is 0 Å². The zero-order valence-corrected chi connectivity index (χ0v) is 17.1. The number of fused-ring (bicyclic) bond motifs is 1. The van der Waals surface area contributed by atoms with Crippen LogP contribution in [0.1, 0.15) is 63.5 Å². The summed E-state index contributed by atoms with van der Waals surface area (Å²) in [4.78, 5) is 24.9. The summed E-state index contributed by atoms with van der Waals surface area (Å²) >= 11 is 0. The molecule has 1 saturated heterocycles. The van der Waals surface area contributed by atoms with Gasteiger partial charge < -0.3 is 10.2 Å². The number of hydrogen-bond donors (Lipinski definition) is 1. The number of aromatic nitrogens is 2. The molecule has 1 aromatic carbocycles. The molecule has 0 bridgehead atoms. The third-order valence-corrected chi connectivity index (χ3v) is 6.15. The summed E-state index contributed by atoms with van der Waals surface area (Å²) in [6.45, 7) is 3.99. The van der Waals surface area contributed by atoms with Crippen molar-refractivity contribution < 1.29 is 4.79 Å². The Hall–Kier alpha value is -2.68. The first-order valence-electron chi connectivity index (χ1n) is 10.9. The first-order valence-corrected chi connectivity index (χ1v) is 10.9. The zero-order valence-electron chi connectivity index (χ0n) is 17.1. The molecule has 1 N–H and O–H groups in total. The van der Waals surface area contributed by atoms with Crippen LogP contribution in [0.2, 0.25) is 0 Å². The molecular formula is C23H29N5O. The summed E-state index contributed by atoms with van der Waals surface area (Å²) < 4.78 is 0. The number of nitrogens with one attached hydrogen (secondary N) is 1. The first-order chi connectivity index (χ1) is 14.2. The minimum absolute atomic E-state index is 0.166. The molecule has 2 heterocycles. The number of carbonyl (C=O) groups excluding carboxylic acids is 1. The number of anilines is 1. The number of carbonyl (C=O) groups is 1. The maximum absolute atomic E-state index is 13.1. The van der Waals surface area contributed by atoms with Crippen LogP contribution in [0, 0.1) is 17.2 Å². The number of para-hydroxylation sites is 2. The van der Waals surface area contributed by atoms with Crippen LogP contribution in [0.5, 0.6) is 0 Å². The Morgan fingerprint density at radius 3 is 2.55 bits per heavy atom. The van der Waals surface area contributed by atoms with E-state index in [0.29, 0.717) is 17.4 Å². The van der Waals surface area contributed by atoms with E-state index in [2.05, 4.69) is 23.2 Å². The van der Waals surface area contributed by atoms with Crippen molar-refractivity contribution in [2.75, 3.05) is 18.0 Å². The number of hydrogen-bond acceptors (Lipinski definition) is 5. The molecule has 2 atom stereocenters. The lowest BCUT2D eigenvalue weighted by atomic mass is 9.94. The summed E-state index contributed by atoms with van der Waals surface area (Å²) in [5, 5.41) is 13.0. The van der Waals surface area contributed by atoms with E-state index < -0.39 is 5.92 Å². The highest BCUT2D eigenvalue weighted by Gasteiger charge is 2.31. The van der Waals surface area contributed by atoms with Crippen LogP contribution in [-0.2, 0) is 4.79 Å². The van der Waals surface area contributed by atoms with Gasteiger partial charge in [0.25, 0.3) is 0 Å². The Kier molecular flexibility index (Phi) is 5.94. The Bertz CT molecular complexity index is 915. The van der Waals surface area contributed by atoms with Crippen LogP contribution in [0.4, 0.5) is 5.82 Å². The molecule has 2 aromatic rings.